The number of pyridine rings is 1. The maximum atomic E-state index is 11.1. The molecule has 0 fully saturated rings. The van der Waals surface area contributed by atoms with E-state index < -0.39 is 18.0 Å². The summed E-state index contributed by atoms with van der Waals surface area (Å²) in [5.74, 6) is -1.51. The van der Waals surface area contributed by atoms with E-state index in [1.165, 1.54) is 17.8 Å². The van der Waals surface area contributed by atoms with Crippen molar-refractivity contribution < 1.29 is 19.8 Å². The number of nitrogens with zero attached hydrogens (tertiary/aromatic N) is 1. The SMILES string of the molecule is NC(Cc1cccc(CSc2ncccc2C(=O)O)c1)C(=O)O. The van der Waals surface area contributed by atoms with Gasteiger partial charge in [0.25, 0.3) is 0 Å². The van der Waals surface area contributed by atoms with Crippen LogP contribution >= 0.6 is 11.8 Å². The van der Waals surface area contributed by atoms with Crippen molar-refractivity contribution in [3.8, 4) is 0 Å². The molecule has 23 heavy (non-hydrogen) atoms. The molecule has 4 N–H and O–H groups in total. The highest BCUT2D eigenvalue weighted by Crippen LogP contribution is 2.24. The van der Waals surface area contributed by atoms with E-state index in [9.17, 15) is 9.59 Å². The van der Waals surface area contributed by atoms with Crippen LogP contribution in [-0.2, 0) is 17.0 Å². The number of hydrogen-bond donors (Lipinski definition) is 3. The number of carboxylic acid groups (broad SMARTS) is 2. The Kier molecular flexibility index (Phi) is 5.72. The van der Waals surface area contributed by atoms with E-state index in [-0.39, 0.29) is 12.0 Å². The lowest BCUT2D eigenvalue weighted by Gasteiger charge is -2.09. The number of aliphatic carboxylic acids is 1. The van der Waals surface area contributed by atoms with Crippen molar-refractivity contribution in [3.63, 3.8) is 0 Å². The van der Waals surface area contributed by atoms with Crippen LogP contribution in [0.1, 0.15) is 21.5 Å². The molecule has 1 aromatic carbocycles. The topological polar surface area (TPSA) is 114 Å². The normalized spacial score (nSPS) is 11.9. The number of rotatable bonds is 7. The molecule has 7 heteroatoms. The van der Waals surface area contributed by atoms with Gasteiger partial charge in [0, 0.05) is 11.9 Å². The van der Waals surface area contributed by atoms with E-state index >= 15 is 0 Å². The van der Waals surface area contributed by atoms with Crippen LogP contribution in [0, 0.1) is 0 Å². The number of benzene rings is 1. The molecular weight excluding hydrogens is 316 g/mol. The van der Waals surface area contributed by atoms with E-state index in [4.69, 9.17) is 15.9 Å². The van der Waals surface area contributed by atoms with Gasteiger partial charge in [-0.25, -0.2) is 9.78 Å². The highest BCUT2D eigenvalue weighted by molar-refractivity contribution is 7.98. The van der Waals surface area contributed by atoms with Crippen LogP contribution in [0.4, 0.5) is 0 Å². The Bertz CT molecular complexity index is 721. The van der Waals surface area contributed by atoms with Crippen molar-refractivity contribution in [2.24, 2.45) is 5.73 Å². The highest BCUT2D eigenvalue weighted by Gasteiger charge is 2.13. The van der Waals surface area contributed by atoms with Gasteiger partial charge in [-0.3, -0.25) is 4.79 Å². The quantitative estimate of drug-likeness (QED) is 0.665. The van der Waals surface area contributed by atoms with Gasteiger partial charge in [-0.15, -0.1) is 11.8 Å². The molecule has 1 heterocycles. The van der Waals surface area contributed by atoms with Gasteiger partial charge in [0.15, 0.2) is 0 Å². The van der Waals surface area contributed by atoms with Crippen LogP contribution in [0.2, 0.25) is 0 Å². The number of thioether (sulfide) groups is 1. The third kappa shape index (κ3) is 4.80. The fourth-order valence-corrected chi connectivity index (χ4v) is 2.94. The molecule has 6 nitrogen and oxygen atoms in total. The predicted molar refractivity (Wildman–Crippen MR) is 86.5 cm³/mol. The molecule has 0 bridgehead atoms. The van der Waals surface area contributed by atoms with Crippen molar-refractivity contribution in [3.05, 3.63) is 59.3 Å². The van der Waals surface area contributed by atoms with E-state index in [1.54, 1.807) is 12.3 Å². The molecule has 0 spiro atoms. The average Bonchev–Trinajstić information content (AvgIpc) is 2.53. The molecule has 1 aromatic heterocycles. The Morgan fingerprint density at radius 2 is 1.91 bits per heavy atom. The van der Waals surface area contributed by atoms with E-state index in [1.807, 2.05) is 24.3 Å². The number of aromatic carboxylic acids is 1. The van der Waals surface area contributed by atoms with Crippen LogP contribution < -0.4 is 5.73 Å². The number of aromatic nitrogens is 1. The molecule has 0 aliphatic carbocycles. The van der Waals surface area contributed by atoms with Crippen molar-refractivity contribution >= 4 is 23.7 Å². The van der Waals surface area contributed by atoms with Crippen LogP contribution in [0.3, 0.4) is 0 Å². The first kappa shape index (κ1) is 17.0. The molecule has 0 amide bonds. The third-order valence-corrected chi connectivity index (χ3v) is 4.22. The summed E-state index contributed by atoms with van der Waals surface area (Å²) >= 11 is 1.32. The molecule has 2 rings (SSSR count). The second-order valence-electron chi connectivity index (χ2n) is 4.92. The molecular formula is C16H16N2O4S. The number of carbonyl (C=O) groups is 2. The zero-order chi connectivity index (χ0) is 16.8. The summed E-state index contributed by atoms with van der Waals surface area (Å²) in [5, 5.41) is 18.4. The van der Waals surface area contributed by atoms with Crippen LogP contribution in [0.5, 0.6) is 0 Å². The van der Waals surface area contributed by atoms with Gasteiger partial charge >= 0.3 is 11.9 Å². The maximum Gasteiger partial charge on any atom is 0.338 e. The summed E-state index contributed by atoms with van der Waals surface area (Å²) in [6.07, 6.45) is 1.80. The third-order valence-electron chi connectivity index (χ3n) is 3.14. The van der Waals surface area contributed by atoms with Gasteiger partial charge in [0.2, 0.25) is 0 Å². The van der Waals surface area contributed by atoms with Gasteiger partial charge in [-0.1, -0.05) is 24.3 Å². The highest BCUT2D eigenvalue weighted by atomic mass is 32.2. The average molecular weight is 332 g/mol. The molecule has 0 saturated carbocycles. The number of nitrogens with two attached hydrogens (primary N) is 1. The summed E-state index contributed by atoms with van der Waals surface area (Å²) in [4.78, 5) is 26.1. The number of carboxylic acids is 2. The summed E-state index contributed by atoms with van der Waals surface area (Å²) in [5.41, 5.74) is 7.49. The van der Waals surface area contributed by atoms with Crippen molar-refractivity contribution in [1.29, 1.82) is 0 Å². The van der Waals surface area contributed by atoms with E-state index in [0.29, 0.717) is 10.8 Å². The first-order valence-electron chi connectivity index (χ1n) is 6.84. The molecule has 1 atom stereocenters. The van der Waals surface area contributed by atoms with Crippen molar-refractivity contribution in [1.82, 2.24) is 4.98 Å². The molecule has 2 aromatic rings. The first-order valence-corrected chi connectivity index (χ1v) is 7.83. The second-order valence-corrected chi connectivity index (χ2v) is 5.88. The second kappa shape index (κ2) is 7.75. The zero-order valence-electron chi connectivity index (χ0n) is 12.2. The monoisotopic (exact) mass is 332 g/mol. The van der Waals surface area contributed by atoms with Gasteiger partial charge in [0.1, 0.15) is 11.1 Å². The summed E-state index contributed by atoms with van der Waals surface area (Å²) in [7, 11) is 0. The Morgan fingerprint density at radius 3 is 2.61 bits per heavy atom. The summed E-state index contributed by atoms with van der Waals surface area (Å²) < 4.78 is 0. The molecule has 0 radical (unpaired) electrons. The summed E-state index contributed by atoms with van der Waals surface area (Å²) in [6, 6.07) is 9.58. The van der Waals surface area contributed by atoms with Gasteiger partial charge in [-0.05, 0) is 29.7 Å². The Morgan fingerprint density at radius 1 is 1.17 bits per heavy atom. The Balaban J connectivity index is 2.07. The minimum Gasteiger partial charge on any atom is -0.480 e. The summed E-state index contributed by atoms with van der Waals surface area (Å²) in [6.45, 7) is 0. The van der Waals surface area contributed by atoms with Crippen LogP contribution in [0.25, 0.3) is 0 Å². The first-order chi connectivity index (χ1) is 11.0. The van der Waals surface area contributed by atoms with Gasteiger partial charge in [0.05, 0.1) is 5.56 Å². The lowest BCUT2D eigenvalue weighted by molar-refractivity contribution is -0.138. The fourth-order valence-electron chi connectivity index (χ4n) is 2.01. The minimum atomic E-state index is -1.04. The fraction of sp³-hybridized carbons (Fsp3) is 0.188. The Labute approximate surface area is 137 Å². The smallest absolute Gasteiger partial charge is 0.338 e. The predicted octanol–water partition coefficient (Wildman–Crippen LogP) is 2.03. The lowest BCUT2D eigenvalue weighted by Crippen LogP contribution is -2.32. The molecule has 0 aliphatic rings. The largest absolute Gasteiger partial charge is 0.480 e. The van der Waals surface area contributed by atoms with Crippen LogP contribution in [0.15, 0.2) is 47.6 Å². The molecule has 0 saturated heterocycles. The molecule has 120 valence electrons. The van der Waals surface area contributed by atoms with Crippen molar-refractivity contribution in [2.45, 2.75) is 23.2 Å². The van der Waals surface area contributed by atoms with E-state index in [0.717, 1.165) is 11.1 Å². The standard InChI is InChI=1S/C16H16N2O4S/c17-13(16(21)22)8-10-3-1-4-11(7-10)9-23-14-12(15(19)20)5-2-6-18-14/h1-7,13H,8-9,17H2,(H,19,20)(H,21,22). The lowest BCUT2D eigenvalue weighted by atomic mass is 10.0. The number of hydrogen-bond acceptors (Lipinski definition) is 5. The molecule has 1 unspecified atom stereocenters. The zero-order valence-corrected chi connectivity index (χ0v) is 13.0. The van der Waals surface area contributed by atoms with Crippen LogP contribution in [-0.4, -0.2) is 33.2 Å². The molecule has 0 aliphatic heterocycles. The maximum absolute atomic E-state index is 11.1. The van der Waals surface area contributed by atoms with Gasteiger partial charge in [-0.2, -0.15) is 0 Å². The minimum absolute atomic E-state index is 0.168. The van der Waals surface area contributed by atoms with E-state index in [2.05, 4.69) is 4.98 Å². The Hall–Kier alpha value is -2.38. The van der Waals surface area contributed by atoms with Gasteiger partial charge < -0.3 is 15.9 Å². The van der Waals surface area contributed by atoms with Crippen molar-refractivity contribution in [2.75, 3.05) is 0 Å².